The van der Waals surface area contributed by atoms with Crippen LogP contribution in [0.3, 0.4) is 0 Å². The normalized spacial score (nSPS) is 25.1. The molecule has 0 spiro atoms. The Balaban J connectivity index is 2.08. The van der Waals surface area contributed by atoms with Crippen LogP contribution in [-0.4, -0.2) is 33.5 Å². The van der Waals surface area contributed by atoms with Gasteiger partial charge in [-0.25, -0.2) is 0 Å². The van der Waals surface area contributed by atoms with E-state index in [1.165, 1.54) is 0 Å². The molecule has 1 aliphatic carbocycles. The number of hydrogen-bond acceptors (Lipinski definition) is 5. The van der Waals surface area contributed by atoms with Crippen LogP contribution in [0.15, 0.2) is 12.1 Å². The van der Waals surface area contributed by atoms with Gasteiger partial charge in [0.05, 0.1) is 0 Å². The Morgan fingerprint density at radius 1 is 1.55 bits per heavy atom. The third-order valence-corrected chi connectivity index (χ3v) is 4.02. The van der Waals surface area contributed by atoms with Crippen molar-refractivity contribution in [2.45, 2.75) is 43.7 Å². The monoisotopic (exact) mass is 344 g/mol. The average molecular weight is 345 g/mol. The molecule has 0 N–H and O–H groups in total. The van der Waals surface area contributed by atoms with Gasteiger partial charge in [0.2, 0.25) is 5.75 Å². The van der Waals surface area contributed by atoms with E-state index in [0.717, 1.165) is 12.8 Å². The molecule has 6 nitrogen and oxygen atoms in total. The number of pyridine rings is 1. The molecule has 2 rings (SSSR count). The maximum atomic E-state index is 11.0. The summed E-state index contributed by atoms with van der Waals surface area (Å²) in [5.41, 5.74) is 0.592. The number of hydrogen-bond donors (Lipinski definition) is 0. The van der Waals surface area contributed by atoms with Crippen LogP contribution < -0.4 is 4.74 Å². The molecular formula is C13H17BrN2O4. The number of halogens is 1. The second kappa shape index (κ2) is 6.49. The van der Waals surface area contributed by atoms with Crippen molar-refractivity contribution in [3.63, 3.8) is 0 Å². The fraction of sp³-hybridized carbons (Fsp3) is 0.615. The predicted molar refractivity (Wildman–Crippen MR) is 77.4 cm³/mol. The SMILES string of the molecule is CCCOC1C(Br)CC1Oc1ccc(C)nc1[N+](=O)[O-]. The van der Waals surface area contributed by atoms with Crippen molar-refractivity contribution in [1.82, 2.24) is 4.98 Å². The van der Waals surface area contributed by atoms with Crippen LogP contribution >= 0.6 is 15.9 Å². The summed E-state index contributed by atoms with van der Waals surface area (Å²) in [6, 6.07) is 3.30. The average Bonchev–Trinajstić information content (AvgIpc) is 2.40. The largest absolute Gasteiger partial charge is 0.480 e. The minimum atomic E-state index is -0.519. The first-order valence-electron chi connectivity index (χ1n) is 6.57. The van der Waals surface area contributed by atoms with Crippen molar-refractivity contribution in [2.24, 2.45) is 0 Å². The van der Waals surface area contributed by atoms with Crippen LogP contribution in [-0.2, 0) is 4.74 Å². The summed E-state index contributed by atoms with van der Waals surface area (Å²) in [5, 5.41) is 11.0. The van der Waals surface area contributed by atoms with E-state index in [9.17, 15) is 10.1 Å². The van der Waals surface area contributed by atoms with E-state index >= 15 is 0 Å². The van der Waals surface area contributed by atoms with Crippen LogP contribution in [0.2, 0.25) is 0 Å². The molecule has 0 bridgehead atoms. The smallest absolute Gasteiger partial charge is 0.406 e. The van der Waals surface area contributed by atoms with Gasteiger partial charge < -0.3 is 19.6 Å². The van der Waals surface area contributed by atoms with Crippen molar-refractivity contribution >= 4 is 21.7 Å². The van der Waals surface area contributed by atoms with Crippen LogP contribution in [0.4, 0.5) is 5.82 Å². The van der Waals surface area contributed by atoms with Crippen LogP contribution in [0.5, 0.6) is 5.75 Å². The Kier molecular flexibility index (Phi) is 4.93. The third-order valence-electron chi connectivity index (χ3n) is 3.12. The molecule has 0 saturated heterocycles. The molecule has 1 aromatic rings. The second-order valence-electron chi connectivity index (χ2n) is 4.77. The Morgan fingerprint density at radius 3 is 2.90 bits per heavy atom. The fourth-order valence-corrected chi connectivity index (χ4v) is 2.89. The molecular weight excluding hydrogens is 328 g/mol. The molecule has 0 aliphatic heterocycles. The summed E-state index contributed by atoms with van der Waals surface area (Å²) in [5.74, 6) is -0.0348. The molecule has 1 fully saturated rings. The molecule has 0 amide bonds. The van der Waals surface area contributed by atoms with Crippen molar-refractivity contribution in [1.29, 1.82) is 0 Å². The van der Waals surface area contributed by atoms with Crippen LogP contribution in [0.25, 0.3) is 0 Å². The van der Waals surface area contributed by atoms with E-state index in [1.807, 2.05) is 6.92 Å². The quantitative estimate of drug-likeness (QED) is 0.450. The molecule has 20 heavy (non-hydrogen) atoms. The maximum absolute atomic E-state index is 11.0. The minimum Gasteiger partial charge on any atom is -0.480 e. The van der Waals surface area contributed by atoms with Gasteiger partial charge in [0, 0.05) is 24.8 Å². The van der Waals surface area contributed by atoms with Gasteiger partial charge in [-0.15, -0.1) is 0 Å². The topological polar surface area (TPSA) is 74.5 Å². The zero-order valence-electron chi connectivity index (χ0n) is 11.4. The van der Waals surface area contributed by atoms with Crippen molar-refractivity contribution in [3.05, 3.63) is 27.9 Å². The summed E-state index contributed by atoms with van der Waals surface area (Å²) in [7, 11) is 0. The molecule has 110 valence electrons. The first kappa shape index (κ1) is 15.2. The van der Waals surface area contributed by atoms with E-state index in [2.05, 4.69) is 20.9 Å². The van der Waals surface area contributed by atoms with E-state index in [0.29, 0.717) is 12.3 Å². The highest BCUT2D eigenvalue weighted by Gasteiger charge is 2.43. The van der Waals surface area contributed by atoms with Gasteiger partial charge in [0.25, 0.3) is 0 Å². The van der Waals surface area contributed by atoms with Gasteiger partial charge in [0.15, 0.2) is 0 Å². The first-order valence-corrected chi connectivity index (χ1v) is 7.49. The predicted octanol–water partition coefficient (Wildman–Crippen LogP) is 3.01. The molecule has 1 aromatic heterocycles. The van der Waals surface area contributed by atoms with Gasteiger partial charge in [-0.3, -0.25) is 0 Å². The van der Waals surface area contributed by atoms with Gasteiger partial charge in [-0.05, 0) is 28.5 Å². The highest BCUT2D eigenvalue weighted by atomic mass is 79.9. The summed E-state index contributed by atoms with van der Waals surface area (Å²) in [4.78, 5) is 14.6. The second-order valence-corrected chi connectivity index (χ2v) is 5.95. The first-order chi connectivity index (χ1) is 9.52. The summed E-state index contributed by atoms with van der Waals surface area (Å²) in [6.07, 6.45) is 1.44. The molecule has 1 aliphatic rings. The van der Waals surface area contributed by atoms with Gasteiger partial charge in [-0.2, -0.15) is 0 Å². The molecule has 7 heteroatoms. The lowest BCUT2D eigenvalue weighted by Crippen LogP contribution is -2.52. The Bertz CT molecular complexity index is 497. The molecule has 0 aromatic carbocycles. The number of rotatable bonds is 6. The van der Waals surface area contributed by atoms with Crippen LogP contribution in [0.1, 0.15) is 25.5 Å². The zero-order valence-corrected chi connectivity index (χ0v) is 13.0. The summed E-state index contributed by atoms with van der Waals surface area (Å²) < 4.78 is 11.4. The van der Waals surface area contributed by atoms with Gasteiger partial charge in [0.1, 0.15) is 17.9 Å². The minimum absolute atomic E-state index is 0.0733. The lowest BCUT2D eigenvalue weighted by Gasteiger charge is -2.40. The van der Waals surface area contributed by atoms with E-state index in [-0.39, 0.29) is 28.6 Å². The van der Waals surface area contributed by atoms with Gasteiger partial charge in [-0.1, -0.05) is 22.9 Å². The van der Waals surface area contributed by atoms with Crippen molar-refractivity contribution < 1.29 is 14.4 Å². The molecule has 1 heterocycles. The number of nitro groups is 1. The lowest BCUT2D eigenvalue weighted by molar-refractivity contribution is -0.391. The number of nitrogens with zero attached hydrogens (tertiary/aromatic N) is 2. The van der Waals surface area contributed by atoms with Crippen LogP contribution in [0, 0.1) is 17.0 Å². The Hall–Kier alpha value is -1.21. The Labute approximate surface area is 125 Å². The van der Waals surface area contributed by atoms with E-state index in [4.69, 9.17) is 9.47 Å². The molecule has 3 unspecified atom stereocenters. The maximum Gasteiger partial charge on any atom is 0.406 e. The number of aromatic nitrogens is 1. The highest BCUT2D eigenvalue weighted by molar-refractivity contribution is 9.09. The van der Waals surface area contributed by atoms with Gasteiger partial charge >= 0.3 is 5.82 Å². The standard InChI is InChI=1S/C13H17BrN2O4/c1-3-6-19-12-9(14)7-11(12)20-10-5-4-8(2)15-13(10)16(17)18/h4-5,9,11-12H,3,6-7H2,1-2H3. The zero-order chi connectivity index (χ0) is 14.7. The lowest BCUT2D eigenvalue weighted by atomic mass is 9.91. The number of ether oxygens (including phenoxy) is 2. The summed E-state index contributed by atoms with van der Waals surface area (Å²) in [6.45, 7) is 4.40. The number of alkyl halides is 1. The Morgan fingerprint density at radius 2 is 2.30 bits per heavy atom. The fourth-order valence-electron chi connectivity index (χ4n) is 2.02. The van der Waals surface area contributed by atoms with Crippen molar-refractivity contribution in [2.75, 3.05) is 6.61 Å². The summed E-state index contributed by atoms with van der Waals surface area (Å²) >= 11 is 3.52. The van der Waals surface area contributed by atoms with Crippen molar-refractivity contribution in [3.8, 4) is 5.75 Å². The van der Waals surface area contributed by atoms with E-state index < -0.39 is 4.92 Å². The molecule has 1 saturated carbocycles. The highest BCUT2D eigenvalue weighted by Crippen LogP contribution is 2.36. The molecule has 0 radical (unpaired) electrons. The third kappa shape index (κ3) is 3.27. The molecule has 3 atom stereocenters. The number of aryl methyl sites for hydroxylation is 1. The van der Waals surface area contributed by atoms with E-state index in [1.54, 1.807) is 19.1 Å².